The van der Waals surface area contributed by atoms with E-state index in [0.29, 0.717) is 6.42 Å². The Balaban J connectivity index is 2.80. The number of alkyl halides is 2. The number of benzene rings is 1. The molecule has 112 valence electrons. The zero-order chi connectivity index (χ0) is 15.3. The molecule has 0 amide bonds. The highest BCUT2D eigenvalue weighted by Crippen LogP contribution is 2.31. The van der Waals surface area contributed by atoms with Crippen molar-refractivity contribution < 1.29 is 10.0 Å². The number of hydrogen-bond acceptors (Lipinski definition) is 4. The number of Topliss-reactive ketones (excluding diaryl/α,β-unsaturated/α-hetero) is 1. The topological polar surface area (TPSA) is 63.6 Å². The van der Waals surface area contributed by atoms with Gasteiger partial charge in [0.2, 0.25) is 0 Å². The van der Waals surface area contributed by atoms with Gasteiger partial charge in [-0.3, -0.25) is 10.0 Å². The number of carbonyl (C=O) groups is 1. The van der Waals surface area contributed by atoms with Gasteiger partial charge >= 0.3 is 0 Å². The Bertz CT molecular complexity index is 435. The highest BCUT2D eigenvalue weighted by molar-refractivity contribution is 6.53. The molecule has 1 N–H and O–H groups in total. The fourth-order valence-corrected chi connectivity index (χ4v) is 2.38. The van der Waals surface area contributed by atoms with Crippen molar-refractivity contribution in [2.24, 2.45) is 5.92 Å². The maximum absolute atomic E-state index is 11.6. The molecule has 0 bridgehead atoms. The SMILES string of the molecule is CC[C@@H](CC(=O)C(Cl)Cl)[C@H](C)c1ccc(N([O-])O)cc1. The monoisotopic (exact) mass is 318 g/mol. The first-order chi connectivity index (χ1) is 9.36. The van der Waals surface area contributed by atoms with Crippen LogP contribution in [0.5, 0.6) is 0 Å². The van der Waals surface area contributed by atoms with Gasteiger partial charge < -0.3 is 10.4 Å². The van der Waals surface area contributed by atoms with Gasteiger partial charge in [0.1, 0.15) is 0 Å². The maximum atomic E-state index is 11.6. The van der Waals surface area contributed by atoms with Crippen LogP contribution in [-0.4, -0.2) is 15.8 Å². The lowest BCUT2D eigenvalue weighted by atomic mass is 9.83. The summed E-state index contributed by atoms with van der Waals surface area (Å²) in [6.45, 7) is 4.02. The van der Waals surface area contributed by atoms with Crippen molar-refractivity contribution in [3.63, 3.8) is 0 Å². The van der Waals surface area contributed by atoms with Gasteiger partial charge in [0.05, 0.1) is 5.69 Å². The van der Waals surface area contributed by atoms with E-state index in [2.05, 4.69) is 0 Å². The molecule has 0 saturated carbocycles. The molecule has 0 aromatic heterocycles. The van der Waals surface area contributed by atoms with E-state index in [-0.39, 0.29) is 28.5 Å². The highest BCUT2D eigenvalue weighted by atomic mass is 35.5. The molecule has 0 aliphatic rings. The van der Waals surface area contributed by atoms with E-state index >= 15 is 0 Å². The largest absolute Gasteiger partial charge is 0.733 e. The Morgan fingerprint density at radius 1 is 1.35 bits per heavy atom. The summed E-state index contributed by atoms with van der Waals surface area (Å²) in [5, 5.41) is 19.3. The van der Waals surface area contributed by atoms with Crippen LogP contribution in [0.1, 0.15) is 38.2 Å². The Hall–Kier alpha value is -0.810. The minimum Gasteiger partial charge on any atom is -0.733 e. The zero-order valence-corrected chi connectivity index (χ0v) is 12.9. The van der Waals surface area contributed by atoms with E-state index < -0.39 is 4.84 Å². The Kier molecular flexibility index (Phi) is 6.76. The van der Waals surface area contributed by atoms with E-state index in [1.54, 1.807) is 24.3 Å². The molecule has 0 radical (unpaired) electrons. The molecule has 20 heavy (non-hydrogen) atoms. The number of halogens is 2. The van der Waals surface area contributed by atoms with Crippen molar-refractivity contribution in [2.45, 2.75) is 37.4 Å². The number of nitrogens with zero attached hydrogens (tertiary/aromatic N) is 1. The quantitative estimate of drug-likeness (QED) is 0.602. The normalized spacial score (nSPS) is 14.2. The van der Waals surface area contributed by atoms with E-state index in [1.165, 1.54) is 0 Å². The average molecular weight is 319 g/mol. The van der Waals surface area contributed by atoms with Crippen LogP contribution in [0.4, 0.5) is 5.69 Å². The first kappa shape index (κ1) is 17.2. The summed E-state index contributed by atoms with van der Waals surface area (Å²) in [6, 6.07) is 6.62. The molecule has 0 unspecified atom stereocenters. The molecule has 0 saturated heterocycles. The van der Waals surface area contributed by atoms with Gasteiger partial charge in [-0.2, -0.15) is 0 Å². The van der Waals surface area contributed by atoms with Crippen LogP contribution >= 0.6 is 23.2 Å². The summed E-state index contributed by atoms with van der Waals surface area (Å²) in [5.41, 5.74) is 1.17. The summed E-state index contributed by atoms with van der Waals surface area (Å²) in [7, 11) is 0. The molecule has 1 rings (SSSR count). The number of anilines is 1. The van der Waals surface area contributed by atoms with Gasteiger partial charge in [-0.15, -0.1) is 0 Å². The summed E-state index contributed by atoms with van der Waals surface area (Å²) < 4.78 is 0. The third-order valence-electron chi connectivity index (χ3n) is 3.58. The third kappa shape index (κ3) is 4.63. The Morgan fingerprint density at radius 3 is 2.30 bits per heavy atom. The van der Waals surface area contributed by atoms with Crippen molar-refractivity contribution in [1.29, 1.82) is 0 Å². The highest BCUT2D eigenvalue weighted by Gasteiger charge is 2.23. The standard InChI is InChI=1S/C14H18Cl2NO3/c1-3-10(8-13(18)14(15)16)9(2)11-4-6-12(7-5-11)17(19)20/h4-7,9-10,14,19H,3,8H2,1-2H3/q-1/t9-,10-/m0/s1. The van der Waals surface area contributed by atoms with Gasteiger partial charge in [0, 0.05) is 6.42 Å². The molecule has 0 spiro atoms. The lowest BCUT2D eigenvalue weighted by molar-refractivity contribution is -0.118. The molecular formula is C14H18Cl2NO3-. The van der Waals surface area contributed by atoms with Gasteiger partial charge in [-0.25, -0.2) is 0 Å². The second kappa shape index (κ2) is 7.84. The smallest absolute Gasteiger partial charge is 0.165 e. The first-order valence-electron chi connectivity index (χ1n) is 6.43. The number of ketones is 1. The second-order valence-electron chi connectivity index (χ2n) is 4.79. The summed E-state index contributed by atoms with van der Waals surface area (Å²) >= 11 is 11.2. The van der Waals surface area contributed by atoms with Crippen LogP contribution in [0.2, 0.25) is 0 Å². The molecular weight excluding hydrogens is 301 g/mol. The van der Waals surface area contributed by atoms with Crippen molar-refractivity contribution in [3.05, 3.63) is 35.0 Å². The summed E-state index contributed by atoms with van der Waals surface area (Å²) in [4.78, 5) is 10.7. The third-order valence-corrected chi connectivity index (χ3v) is 4.06. The number of carbonyl (C=O) groups excluding carboxylic acids is 1. The molecule has 1 aromatic rings. The fraction of sp³-hybridized carbons (Fsp3) is 0.500. The summed E-state index contributed by atoms with van der Waals surface area (Å²) in [6.07, 6.45) is 1.15. The molecule has 1 aromatic carbocycles. The van der Waals surface area contributed by atoms with Gasteiger partial charge in [0.25, 0.3) is 0 Å². The van der Waals surface area contributed by atoms with Gasteiger partial charge in [0.15, 0.2) is 10.6 Å². The molecule has 6 heteroatoms. The fourth-order valence-electron chi connectivity index (χ4n) is 2.20. The molecule has 0 aliphatic carbocycles. The van der Waals surface area contributed by atoms with Crippen molar-refractivity contribution in [1.82, 2.24) is 0 Å². The summed E-state index contributed by atoms with van der Waals surface area (Å²) in [5.74, 6) is 0.0828. The number of hydrogen-bond donors (Lipinski definition) is 1. The second-order valence-corrected chi connectivity index (χ2v) is 5.89. The van der Waals surface area contributed by atoms with Gasteiger partial charge in [-0.05, 0) is 29.5 Å². The first-order valence-corrected chi connectivity index (χ1v) is 7.31. The molecule has 0 heterocycles. The lowest BCUT2D eigenvalue weighted by Crippen LogP contribution is -2.18. The number of rotatable bonds is 7. The van der Waals surface area contributed by atoms with E-state index in [0.717, 1.165) is 12.0 Å². The van der Waals surface area contributed by atoms with Crippen LogP contribution in [0.3, 0.4) is 0 Å². The molecule has 2 atom stereocenters. The lowest BCUT2D eigenvalue weighted by Gasteiger charge is -2.25. The molecule has 0 aliphatic heterocycles. The average Bonchev–Trinajstić information content (AvgIpc) is 2.43. The zero-order valence-electron chi connectivity index (χ0n) is 11.4. The van der Waals surface area contributed by atoms with Gasteiger partial charge in [-0.1, -0.05) is 55.6 Å². The Labute approximate surface area is 128 Å². The van der Waals surface area contributed by atoms with Crippen LogP contribution < -0.4 is 5.23 Å². The van der Waals surface area contributed by atoms with Crippen LogP contribution in [-0.2, 0) is 4.79 Å². The van der Waals surface area contributed by atoms with E-state index in [1.807, 2.05) is 13.8 Å². The molecule has 0 fully saturated rings. The predicted octanol–water partition coefficient (Wildman–Crippen LogP) is 4.27. The van der Waals surface area contributed by atoms with Crippen LogP contribution in [0.25, 0.3) is 0 Å². The maximum Gasteiger partial charge on any atom is 0.165 e. The van der Waals surface area contributed by atoms with E-state index in [9.17, 15) is 10.0 Å². The van der Waals surface area contributed by atoms with Crippen molar-refractivity contribution in [2.75, 3.05) is 5.23 Å². The minimum absolute atomic E-state index is 0.129. The van der Waals surface area contributed by atoms with Crippen LogP contribution in [0, 0.1) is 11.1 Å². The minimum atomic E-state index is -0.984. The predicted molar refractivity (Wildman–Crippen MR) is 81.4 cm³/mol. The Morgan fingerprint density at radius 2 is 1.90 bits per heavy atom. The van der Waals surface area contributed by atoms with Crippen molar-refractivity contribution in [3.8, 4) is 0 Å². The molecule has 4 nitrogen and oxygen atoms in total. The van der Waals surface area contributed by atoms with Crippen molar-refractivity contribution >= 4 is 34.7 Å². The van der Waals surface area contributed by atoms with Crippen LogP contribution in [0.15, 0.2) is 24.3 Å². The van der Waals surface area contributed by atoms with E-state index in [4.69, 9.17) is 28.4 Å².